The summed E-state index contributed by atoms with van der Waals surface area (Å²) in [6.07, 6.45) is 5.12. The van der Waals surface area contributed by atoms with Crippen molar-refractivity contribution >= 4 is 61.4 Å². The molecule has 0 fully saturated rings. The van der Waals surface area contributed by atoms with Crippen LogP contribution in [0.3, 0.4) is 0 Å². The molecule has 11 N–H and O–H groups in total. The fourth-order valence-corrected chi connectivity index (χ4v) is 8.27. The van der Waals surface area contributed by atoms with Gasteiger partial charge in [0.2, 0.25) is 33.2 Å². The second-order valence-corrected chi connectivity index (χ2v) is 16.9. The van der Waals surface area contributed by atoms with Gasteiger partial charge < -0.3 is 59.6 Å². The summed E-state index contributed by atoms with van der Waals surface area (Å²) in [4.78, 5) is 66.7. The monoisotopic (exact) mass is 863 g/mol. The quantitative estimate of drug-likeness (QED) is 0.0513. The van der Waals surface area contributed by atoms with Crippen LogP contribution >= 0.6 is 10.9 Å². The summed E-state index contributed by atoms with van der Waals surface area (Å²) in [5.41, 5.74) is 6.50. The van der Waals surface area contributed by atoms with Gasteiger partial charge in [-0.2, -0.15) is 4.72 Å². The number of hydrogen-bond acceptors (Lipinski definition) is 14. The molecule has 0 aliphatic heterocycles. The number of nitrogens with two attached hydrogens (primary N) is 1. The molecule has 2 aromatic heterocycles. The summed E-state index contributed by atoms with van der Waals surface area (Å²) in [6.45, 7) is 2.88. The van der Waals surface area contributed by atoms with E-state index in [1.165, 1.54) is 32.2 Å². The van der Waals surface area contributed by atoms with Crippen molar-refractivity contribution < 1.29 is 51.1 Å². The number of sulfonamides is 1. The standard InChI is InChI=1S/C36H49N9O12S2/c1-21-14-24(57-13-5-6-30(46)38-9-10-39-34(49)27(37)20-58(52,53)54)15-22(2)32(21)59(55,56)43-28(35(50)51)18-41-33(48)26-19-45(4)29-16-23(7-8-25(29)31(26)47)17-42-36-40-11-12-44(36)3/h7-8,11-12,14-16,19,27-28,43,52-54H,5-6,9-10,13,17-18,20,37H2,1-4H3,(H,38,46)(H,39,49)(H,40,42)(H,41,48)(H,50,51)/t27-,28-/m0/s1. The van der Waals surface area contributed by atoms with Crippen LogP contribution in [0, 0.1) is 13.8 Å². The minimum absolute atomic E-state index is 0.00491. The highest BCUT2D eigenvalue weighted by atomic mass is 32.3. The van der Waals surface area contributed by atoms with E-state index in [0.29, 0.717) is 23.8 Å². The molecule has 0 aliphatic rings. The first-order valence-electron chi connectivity index (χ1n) is 18.1. The lowest BCUT2D eigenvalue weighted by Crippen LogP contribution is -2.49. The van der Waals surface area contributed by atoms with Crippen LogP contribution in [0.2, 0.25) is 0 Å². The third-order valence-electron chi connectivity index (χ3n) is 8.84. The maximum absolute atomic E-state index is 13.5. The summed E-state index contributed by atoms with van der Waals surface area (Å²) in [6, 6.07) is 4.87. The van der Waals surface area contributed by atoms with Crippen molar-refractivity contribution in [2.45, 2.75) is 50.2 Å². The number of rotatable bonds is 21. The number of aryl methyl sites for hydroxylation is 4. The van der Waals surface area contributed by atoms with Crippen molar-refractivity contribution in [2.75, 3.05) is 37.3 Å². The van der Waals surface area contributed by atoms with Crippen molar-refractivity contribution in [3.05, 3.63) is 81.4 Å². The van der Waals surface area contributed by atoms with E-state index in [9.17, 15) is 37.5 Å². The molecule has 2 aromatic carbocycles. The molecule has 2 atom stereocenters. The normalized spacial score (nSPS) is 13.0. The Hall–Kier alpha value is -5.56. The highest BCUT2D eigenvalue weighted by Gasteiger charge is 2.29. The molecule has 0 bridgehead atoms. The summed E-state index contributed by atoms with van der Waals surface area (Å²) in [5, 5.41) is 20.7. The molecule has 0 unspecified atom stereocenters. The topological polar surface area (TPSA) is 319 Å². The first-order chi connectivity index (χ1) is 27.7. The number of nitrogens with zero attached hydrogens (tertiary/aromatic N) is 3. The minimum Gasteiger partial charge on any atom is -0.494 e. The number of fused-ring (bicyclic) bond motifs is 1. The number of aliphatic carboxylic acids is 1. The zero-order chi connectivity index (χ0) is 43.7. The number of carboxylic acids is 1. The van der Waals surface area contributed by atoms with Crippen LogP contribution in [0.5, 0.6) is 5.75 Å². The lowest BCUT2D eigenvalue weighted by atomic mass is 10.1. The predicted molar refractivity (Wildman–Crippen MR) is 219 cm³/mol. The third kappa shape index (κ3) is 13.0. The number of hydrogen-bond donors (Lipinski definition) is 10. The van der Waals surface area contributed by atoms with E-state index < -0.39 is 68.5 Å². The second-order valence-electron chi connectivity index (χ2n) is 13.7. The number of imidazole rings is 1. The molecule has 0 spiro atoms. The average molecular weight is 864 g/mol. The number of benzene rings is 2. The third-order valence-corrected chi connectivity index (χ3v) is 11.4. The van der Waals surface area contributed by atoms with Crippen LogP contribution in [-0.2, 0) is 45.0 Å². The maximum atomic E-state index is 13.5. The first-order valence-corrected chi connectivity index (χ1v) is 21.2. The number of carbonyl (C=O) groups is 4. The Labute approximate surface area is 340 Å². The Morgan fingerprint density at radius 1 is 0.966 bits per heavy atom. The van der Waals surface area contributed by atoms with Gasteiger partial charge in [0.1, 0.15) is 17.4 Å². The van der Waals surface area contributed by atoms with Gasteiger partial charge in [0.15, 0.2) is 0 Å². The van der Waals surface area contributed by atoms with Gasteiger partial charge in [0, 0.05) is 70.7 Å². The molecular weight excluding hydrogens is 815 g/mol. The zero-order valence-electron chi connectivity index (χ0n) is 32.7. The zero-order valence-corrected chi connectivity index (χ0v) is 34.4. The number of anilines is 1. The van der Waals surface area contributed by atoms with E-state index >= 15 is 0 Å². The largest absolute Gasteiger partial charge is 0.494 e. The molecule has 4 aromatic rings. The number of pyridine rings is 1. The average Bonchev–Trinajstić information content (AvgIpc) is 3.56. The van der Waals surface area contributed by atoms with Gasteiger partial charge in [-0.25, -0.2) is 13.4 Å². The Balaban J connectivity index is 1.29. The number of aromatic nitrogens is 3. The molecule has 0 radical (unpaired) electrons. The molecule has 4 rings (SSSR count). The molecule has 23 heteroatoms. The van der Waals surface area contributed by atoms with Gasteiger partial charge in [-0.05, 0) is 61.2 Å². The highest BCUT2D eigenvalue weighted by molar-refractivity contribution is 8.19. The molecule has 322 valence electrons. The number of ether oxygens (including phenoxy) is 1. The fourth-order valence-electron chi connectivity index (χ4n) is 6.00. The van der Waals surface area contributed by atoms with Crippen molar-refractivity contribution in [3.63, 3.8) is 0 Å². The summed E-state index contributed by atoms with van der Waals surface area (Å²) < 4.78 is 65.2. The highest BCUT2D eigenvalue weighted by Crippen LogP contribution is 2.32. The molecule has 21 nitrogen and oxygen atoms in total. The van der Waals surface area contributed by atoms with Crippen molar-refractivity contribution in [3.8, 4) is 5.75 Å². The van der Waals surface area contributed by atoms with Gasteiger partial charge >= 0.3 is 5.97 Å². The molecule has 59 heavy (non-hydrogen) atoms. The van der Waals surface area contributed by atoms with Crippen molar-refractivity contribution in [1.29, 1.82) is 0 Å². The molecular formula is C36H49N9O12S2. The SMILES string of the molecule is Cc1cc(OCCCC(=O)NCCNC(=O)[C@@H](N)CS(O)(O)O)cc(C)c1S(=O)(=O)N[C@@H](CNC(=O)c1cn(C)c2cc(CNc3nccn3C)ccc2c1=O)C(=O)O. The van der Waals surface area contributed by atoms with Crippen molar-refractivity contribution in [2.24, 2.45) is 19.8 Å². The van der Waals surface area contributed by atoms with E-state index in [0.717, 1.165) is 5.56 Å². The van der Waals surface area contributed by atoms with E-state index in [4.69, 9.17) is 24.1 Å². The van der Waals surface area contributed by atoms with E-state index in [-0.39, 0.29) is 65.4 Å². The predicted octanol–water partition coefficient (Wildman–Crippen LogP) is 0.605. The lowest BCUT2D eigenvalue weighted by Gasteiger charge is -2.22. The Morgan fingerprint density at radius 3 is 2.27 bits per heavy atom. The number of amides is 3. The molecule has 0 saturated heterocycles. The lowest BCUT2D eigenvalue weighted by molar-refractivity contribution is -0.138. The summed E-state index contributed by atoms with van der Waals surface area (Å²) in [7, 11) is -4.89. The van der Waals surface area contributed by atoms with Crippen molar-refractivity contribution in [1.82, 2.24) is 34.8 Å². The van der Waals surface area contributed by atoms with Crippen LogP contribution in [0.4, 0.5) is 5.95 Å². The summed E-state index contributed by atoms with van der Waals surface area (Å²) in [5.74, 6) is -3.30. The number of carboxylic acid groups (broad SMARTS) is 1. The van der Waals surface area contributed by atoms with Gasteiger partial charge in [-0.3, -0.25) is 24.0 Å². The molecule has 3 amide bonds. The van der Waals surface area contributed by atoms with E-state index in [1.807, 2.05) is 11.6 Å². The molecule has 2 heterocycles. The Bertz CT molecular complexity index is 2340. The van der Waals surface area contributed by atoms with Crippen LogP contribution in [0.15, 0.2) is 58.6 Å². The van der Waals surface area contributed by atoms with Gasteiger partial charge in [0.25, 0.3) is 5.91 Å². The Kier molecular flexibility index (Phi) is 15.6. The number of carbonyl (C=O) groups excluding carboxylic acids is 3. The summed E-state index contributed by atoms with van der Waals surface area (Å²) >= 11 is 0. The smallest absolute Gasteiger partial charge is 0.323 e. The van der Waals surface area contributed by atoms with E-state index in [2.05, 4.69) is 31.0 Å². The van der Waals surface area contributed by atoms with Gasteiger partial charge in [0.05, 0.1) is 39.7 Å². The van der Waals surface area contributed by atoms with E-state index in [1.54, 1.807) is 42.2 Å². The van der Waals surface area contributed by atoms with Crippen LogP contribution in [0.25, 0.3) is 10.9 Å². The molecule has 0 aliphatic carbocycles. The first kappa shape index (κ1) is 46.1. The molecule has 0 saturated carbocycles. The van der Waals surface area contributed by atoms with Crippen LogP contribution in [0.1, 0.15) is 39.9 Å². The minimum atomic E-state index is -4.46. The van der Waals surface area contributed by atoms with Gasteiger partial charge in [-0.15, -0.1) is 0 Å². The van der Waals surface area contributed by atoms with Crippen LogP contribution < -0.4 is 41.9 Å². The number of nitrogens with one attached hydrogen (secondary N) is 5. The fraction of sp³-hybridized carbons (Fsp3) is 0.389. The second kappa shape index (κ2) is 19.9. The van der Waals surface area contributed by atoms with Gasteiger partial charge in [-0.1, -0.05) is 6.07 Å². The Morgan fingerprint density at radius 2 is 1.64 bits per heavy atom. The maximum Gasteiger partial charge on any atom is 0.323 e. The van der Waals surface area contributed by atoms with Crippen LogP contribution in [-0.4, -0.2) is 109 Å².